The number of rotatable bonds is 9. The Morgan fingerprint density at radius 3 is 2.47 bits per heavy atom. The van der Waals surface area contributed by atoms with E-state index < -0.39 is 29.4 Å². The van der Waals surface area contributed by atoms with E-state index in [1.807, 2.05) is 0 Å². The third-order valence-electron chi connectivity index (χ3n) is 5.74. The van der Waals surface area contributed by atoms with Gasteiger partial charge in [-0.2, -0.15) is 0 Å². The molecule has 0 radical (unpaired) electrons. The van der Waals surface area contributed by atoms with Gasteiger partial charge < -0.3 is 20.6 Å². The number of urea groups is 1. The SMILES string of the molecule is O=C(O)CC1CCN(c2cc(F)c(C(=O)CCCNC(=O)Nc3ccccc3Cl)cc2F)CC1. The molecule has 0 spiro atoms. The number of nitrogens with one attached hydrogen (secondary N) is 2. The summed E-state index contributed by atoms with van der Waals surface area (Å²) in [7, 11) is 0. The molecule has 1 aliphatic heterocycles. The number of carboxylic acids is 1. The van der Waals surface area contributed by atoms with Crippen LogP contribution in [-0.2, 0) is 4.79 Å². The number of nitrogens with zero attached hydrogens (tertiary/aromatic N) is 1. The summed E-state index contributed by atoms with van der Waals surface area (Å²) in [5, 5.41) is 14.5. The molecule has 3 rings (SSSR count). The second-order valence-electron chi connectivity index (χ2n) is 8.20. The van der Waals surface area contributed by atoms with Crippen molar-refractivity contribution in [3.05, 3.63) is 58.6 Å². The molecule has 0 aliphatic carbocycles. The molecule has 7 nitrogen and oxygen atoms in total. The number of hydrogen-bond acceptors (Lipinski definition) is 4. The lowest BCUT2D eigenvalue weighted by atomic mass is 9.93. The first-order valence-electron chi connectivity index (χ1n) is 11.0. The van der Waals surface area contributed by atoms with Crippen LogP contribution in [0.5, 0.6) is 0 Å². The van der Waals surface area contributed by atoms with E-state index in [-0.39, 0.29) is 43.0 Å². The van der Waals surface area contributed by atoms with Gasteiger partial charge in [0.05, 0.1) is 22.0 Å². The van der Waals surface area contributed by atoms with Crippen molar-refractivity contribution in [2.75, 3.05) is 29.9 Å². The predicted molar refractivity (Wildman–Crippen MR) is 126 cm³/mol. The molecule has 182 valence electrons. The number of carboxylic acid groups (broad SMARTS) is 1. The Bertz CT molecular complexity index is 1060. The number of amides is 2. The van der Waals surface area contributed by atoms with Crippen molar-refractivity contribution < 1.29 is 28.3 Å². The summed E-state index contributed by atoms with van der Waals surface area (Å²) in [6, 6.07) is 8.18. The summed E-state index contributed by atoms with van der Waals surface area (Å²) in [4.78, 5) is 36.9. The fourth-order valence-corrected chi connectivity index (χ4v) is 4.11. The largest absolute Gasteiger partial charge is 0.481 e. The van der Waals surface area contributed by atoms with Crippen LogP contribution in [0.25, 0.3) is 0 Å². The predicted octanol–water partition coefficient (Wildman–Crippen LogP) is 5.09. The second-order valence-corrected chi connectivity index (χ2v) is 8.61. The minimum absolute atomic E-state index is 0.0166. The minimum atomic E-state index is -0.866. The van der Waals surface area contributed by atoms with Crippen molar-refractivity contribution >= 4 is 40.8 Å². The Morgan fingerprint density at radius 1 is 1.09 bits per heavy atom. The third kappa shape index (κ3) is 6.90. The molecule has 0 aromatic heterocycles. The normalized spacial score (nSPS) is 14.0. The number of carbonyl (C=O) groups excluding carboxylic acids is 2. The maximum absolute atomic E-state index is 14.7. The van der Waals surface area contributed by atoms with Gasteiger partial charge in [-0.3, -0.25) is 9.59 Å². The molecular formula is C24H26ClF2N3O4. The van der Waals surface area contributed by atoms with Crippen molar-refractivity contribution in [3.8, 4) is 0 Å². The molecule has 0 atom stereocenters. The molecule has 0 bridgehead atoms. The van der Waals surface area contributed by atoms with Gasteiger partial charge in [-0.05, 0) is 43.4 Å². The number of aliphatic carboxylic acids is 1. The lowest BCUT2D eigenvalue weighted by Gasteiger charge is -2.33. The van der Waals surface area contributed by atoms with Gasteiger partial charge in [-0.1, -0.05) is 23.7 Å². The molecule has 1 fully saturated rings. The van der Waals surface area contributed by atoms with Gasteiger partial charge in [0.2, 0.25) is 0 Å². The van der Waals surface area contributed by atoms with Gasteiger partial charge in [-0.15, -0.1) is 0 Å². The third-order valence-corrected chi connectivity index (χ3v) is 6.07. The molecule has 0 saturated carbocycles. The number of benzene rings is 2. The number of ketones is 1. The van der Waals surface area contributed by atoms with Gasteiger partial charge >= 0.3 is 12.0 Å². The zero-order valence-corrected chi connectivity index (χ0v) is 19.2. The van der Waals surface area contributed by atoms with Gasteiger partial charge in [-0.25, -0.2) is 13.6 Å². The summed E-state index contributed by atoms with van der Waals surface area (Å²) in [5.41, 5.74) is 0.185. The number of Topliss-reactive ketones (excluding diaryl/α,β-unsaturated/α-hetero) is 1. The van der Waals surface area contributed by atoms with Gasteiger partial charge in [0.15, 0.2) is 5.78 Å². The van der Waals surface area contributed by atoms with Crippen LogP contribution in [0.1, 0.15) is 42.5 Å². The lowest BCUT2D eigenvalue weighted by Crippen LogP contribution is -2.35. The fourth-order valence-electron chi connectivity index (χ4n) is 3.93. The smallest absolute Gasteiger partial charge is 0.319 e. The van der Waals surface area contributed by atoms with Crippen LogP contribution >= 0.6 is 11.6 Å². The van der Waals surface area contributed by atoms with Crippen LogP contribution < -0.4 is 15.5 Å². The van der Waals surface area contributed by atoms with Crippen molar-refractivity contribution in [2.24, 2.45) is 5.92 Å². The Balaban J connectivity index is 1.49. The van der Waals surface area contributed by atoms with Gasteiger partial charge in [0.25, 0.3) is 0 Å². The minimum Gasteiger partial charge on any atom is -0.481 e. The molecule has 1 heterocycles. The molecule has 10 heteroatoms. The van der Waals surface area contributed by atoms with Crippen LogP contribution in [0.3, 0.4) is 0 Å². The van der Waals surface area contributed by atoms with E-state index in [0.29, 0.717) is 36.6 Å². The average molecular weight is 494 g/mol. The summed E-state index contributed by atoms with van der Waals surface area (Å²) in [6.45, 7) is 1.00. The topological polar surface area (TPSA) is 98.7 Å². The molecule has 2 amide bonds. The monoisotopic (exact) mass is 493 g/mol. The van der Waals surface area contributed by atoms with E-state index in [0.717, 1.165) is 12.1 Å². The van der Waals surface area contributed by atoms with E-state index in [1.165, 1.54) is 0 Å². The van der Waals surface area contributed by atoms with E-state index in [1.54, 1.807) is 29.2 Å². The van der Waals surface area contributed by atoms with E-state index in [4.69, 9.17) is 16.7 Å². The summed E-state index contributed by atoms with van der Waals surface area (Å²) >= 11 is 5.97. The highest BCUT2D eigenvalue weighted by Gasteiger charge is 2.25. The number of piperidine rings is 1. The number of anilines is 2. The van der Waals surface area contributed by atoms with Crippen LogP contribution in [0.15, 0.2) is 36.4 Å². The van der Waals surface area contributed by atoms with Crippen molar-refractivity contribution in [2.45, 2.75) is 32.1 Å². The second kappa shape index (κ2) is 11.8. The first kappa shape index (κ1) is 25.4. The van der Waals surface area contributed by atoms with Crippen molar-refractivity contribution in [1.29, 1.82) is 0 Å². The first-order valence-corrected chi connectivity index (χ1v) is 11.4. The Hall–Kier alpha value is -3.20. The van der Waals surface area contributed by atoms with E-state index >= 15 is 0 Å². The molecule has 3 N–H and O–H groups in total. The summed E-state index contributed by atoms with van der Waals surface area (Å²) < 4.78 is 29.3. The molecule has 1 saturated heterocycles. The van der Waals surface area contributed by atoms with E-state index in [2.05, 4.69) is 10.6 Å². The van der Waals surface area contributed by atoms with Gasteiger partial charge in [0.1, 0.15) is 11.6 Å². The fraction of sp³-hybridized carbons (Fsp3) is 0.375. The Labute approximate surface area is 201 Å². The van der Waals surface area contributed by atoms with Gasteiger partial charge in [0, 0.05) is 38.5 Å². The number of halogens is 3. The zero-order valence-electron chi connectivity index (χ0n) is 18.5. The number of hydrogen-bond donors (Lipinski definition) is 3. The quantitative estimate of drug-likeness (QED) is 0.333. The molecule has 34 heavy (non-hydrogen) atoms. The molecule has 2 aromatic rings. The molecule has 1 aliphatic rings. The average Bonchev–Trinajstić information content (AvgIpc) is 2.79. The highest BCUT2D eigenvalue weighted by molar-refractivity contribution is 6.33. The van der Waals surface area contributed by atoms with Crippen molar-refractivity contribution in [3.63, 3.8) is 0 Å². The van der Waals surface area contributed by atoms with Crippen LogP contribution in [0.2, 0.25) is 5.02 Å². The van der Waals surface area contributed by atoms with Crippen LogP contribution in [-0.4, -0.2) is 42.5 Å². The molecular weight excluding hydrogens is 468 g/mol. The van der Waals surface area contributed by atoms with Crippen LogP contribution in [0.4, 0.5) is 25.0 Å². The summed E-state index contributed by atoms with van der Waals surface area (Å²) in [6.07, 6.45) is 1.39. The Morgan fingerprint density at radius 2 is 1.79 bits per heavy atom. The molecule has 2 aromatic carbocycles. The maximum atomic E-state index is 14.7. The number of para-hydroxylation sites is 1. The molecule has 0 unspecified atom stereocenters. The standard InChI is InChI=1S/C24H26ClF2N3O4/c25-17-4-1-2-5-20(17)29-24(34)28-9-3-6-22(31)16-13-19(27)21(14-18(16)26)30-10-7-15(8-11-30)12-23(32)33/h1-2,4-5,13-15H,3,6-12H2,(H,32,33)(H2,28,29,34). The summed E-state index contributed by atoms with van der Waals surface area (Å²) in [5.74, 6) is -2.91. The zero-order chi connectivity index (χ0) is 24.7. The van der Waals surface area contributed by atoms with E-state index in [9.17, 15) is 23.2 Å². The first-order chi connectivity index (χ1) is 16.2. The Kier molecular flexibility index (Phi) is 8.81. The van der Waals surface area contributed by atoms with Crippen LogP contribution in [0, 0.1) is 17.6 Å². The lowest BCUT2D eigenvalue weighted by molar-refractivity contribution is -0.138. The highest BCUT2D eigenvalue weighted by atomic mass is 35.5. The van der Waals surface area contributed by atoms with Crippen molar-refractivity contribution in [1.82, 2.24) is 5.32 Å². The number of carbonyl (C=O) groups is 3. The maximum Gasteiger partial charge on any atom is 0.319 e. The highest BCUT2D eigenvalue weighted by Crippen LogP contribution is 2.29.